The Kier molecular flexibility index (Phi) is 3.01. The van der Waals surface area contributed by atoms with Gasteiger partial charge in [0.1, 0.15) is 17.3 Å². The van der Waals surface area contributed by atoms with Gasteiger partial charge in [-0.3, -0.25) is 0 Å². The van der Waals surface area contributed by atoms with Gasteiger partial charge < -0.3 is 15.3 Å². The molecule has 0 saturated carbocycles. The Bertz CT molecular complexity index is 545. The molecule has 0 saturated heterocycles. The topological polar surface area (TPSA) is 60.7 Å². The lowest BCUT2D eigenvalue weighted by molar-refractivity contribution is 0.449. The first-order chi connectivity index (χ1) is 8.16. The molecule has 0 radical (unpaired) electrons. The van der Waals surface area contributed by atoms with Gasteiger partial charge in [0.05, 0.1) is 0 Å². The Hall–Kier alpha value is -2.42. The number of phenolic OH excluding ortho intramolecular Hbond substituents is 2. The van der Waals surface area contributed by atoms with Crippen LogP contribution in [-0.4, -0.2) is 15.3 Å². The zero-order chi connectivity index (χ0) is 12.3. The fraction of sp³-hybridized carbons (Fsp3) is 0. The van der Waals surface area contributed by atoms with Gasteiger partial charge in [0, 0.05) is 17.2 Å². The summed E-state index contributed by atoms with van der Waals surface area (Å²) >= 11 is 0. The third-order valence-electron chi connectivity index (χ3n) is 2.38. The summed E-state index contributed by atoms with van der Waals surface area (Å²) < 4.78 is 0. The predicted molar refractivity (Wildman–Crippen MR) is 66.7 cm³/mol. The molecular formula is C14H12O3. The highest BCUT2D eigenvalue weighted by Gasteiger charge is 2.02. The van der Waals surface area contributed by atoms with Crippen LogP contribution in [0.4, 0.5) is 0 Å². The zero-order valence-corrected chi connectivity index (χ0v) is 9.04. The molecule has 3 nitrogen and oxygen atoms in total. The molecule has 0 aliphatic heterocycles. The van der Waals surface area contributed by atoms with Gasteiger partial charge >= 0.3 is 0 Å². The minimum absolute atomic E-state index is 0.0150. The van der Waals surface area contributed by atoms with Crippen LogP contribution >= 0.6 is 0 Å². The molecule has 86 valence electrons. The van der Waals surface area contributed by atoms with E-state index in [1.165, 1.54) is 24.3 Å². The summed E-state index contributed by atoms with van der Waals surface area (Å²) in [4.78, 5) is 0. The molecule has 0 atom stereocenters. The smallest absolute Gasteiger partial charge is 0.126 e. The van der Waals surface area contributed by atoms with E-state index in [2.05, 4.69) is 0 Å². The van der Waals surface area contributed by atoms with Gasteiger partial charge in [0.2, 0.25) is 0 Å². The quantitative estimate of drug-likeness (QED) is 0.546. The second-order valence-corrected chi connectivity index (χ2v) is 3.64. The molecule has 3 N–H and O–H groups in total. The first kappa shape index (κ1) is 11.1. The molecule has 3 heteroatoms. The van der Waals surface area contributed by atoms with Crippen LogP contribution in [0.15, 0.2) is 48.5 Å². The van der Waals surface area contributed by atoms with E-state index in [1.807, 2.05) is 18.2 Å². The zero-order valence-electron chi connectivity index (χ0n) is 9.04. The van der Waals surface area contributed by atoms with Crippen molar-refractivity contribution in [1.29, 1.82) is 0 Å². The fourth-order valence-electron chi connectivity index (χ4n) is 1.49. The van der Waals surface area contributed by atoms with Crippen molar-refractivity contribution in [2.75, 3.05) is 0 Å². The van der Waals surface area contributed by atoms with Gasteiger partial charge in [0.25, 0.3) is 0 Å². The highest BCUT2D eigenvalue weighted by atomic mass is 16.3. The van der Waals surface area contributed by atoms with Crippen molar-refractivity contribution in [3.05, 3.63) is 59.7 Å². The normalized spacial score (nSPS) is 11.4. The summed E-state index contributed by atoms with van der Waals surface area (Å²) in [7, 11) is 0. The number of benzene rings is 2. The van der Waals surface area contributed by atoms with E-state index in [4.69, 9.17) is 5.11 Å². The monoisotopic (exact) mass is 228 g/mol. The first-order valence-corrected chi connectivity index (χ1v) is 5.15. The Labute approximate surface area is 98.9 Å². The molecule has 0 aliphatic carbocycles. The molecule has 0 amide bonds. The molecule has 0 aliphatic rings. The Morgan fingerprint density at radius 1 is 0.941 bits per heavy atom. The standard InChI is InChI=1S/C14H12O3/c15-12-7-6-11(14(17)9-12)8-13(16)10-4-2-1-3-5-10/h1-9,15-17H. The Morgan fingerprint density at radius 2 is 1.65 bits per heavy atom. The van der Waals surface area contributed by atoms with Crippen LogP contribution in [0.3, 0.4) is 0 Å². The van der Waals surface area contributed by atoms with Gasteiger partial charge in [0.15, 0.2) is 0 Å². The number of rotatable bonds is 2. The van der Waals surface area contributed by atoms with E-state index < -0.39 is 0 Å². The van der Waals surface area contributed by atoms with Gasteiger partial charge in [-0.1, -0.05) is 30.3 Å². The second kappa shape index (κ2) is 4.61. The van der Waals surface area contributed by atoms with E-state index in [0.29, 0.717) is 11.1 Å². The highest BCUT2D eigenvalue weighted by molar-refractivity contribution is 5.78. The van der Waals surface area contributed by atoms with Gasteiger partial charge in [-0.15, -0.1) is 0 Å². The third kappa shape index (κ3) is 2.58. The maximum atomic E-state index is 9.86. The van der Waals surface area contributed by atoms with Crippen LogP contribution in [0.25, 0.3) is 11.8 Å². The second-order valence-electron chi connectivity index (χ2n) is 3.64. The maximum Gasteiger partial charge on any atom is 0.126 e. The summed E-state index contributed by atoms with van der Waals surface area (Å²) in [6.07, 6.45) is 1.45. The van der Waals surface area contributed by atoms with Gasteiger partial charge in [-0.2, -0.15) is 0 Å². The van der Waals surface area contributed by atoms with Crippen molar-refractivity contribution < 1.29 is 15.3 Å². The molecule has 0 spiro atoms. The lowest BCUT2D eigenvalue weighted by Gasteiger charge is -2.02. The Balaban J connectivity index is 2.36. The lowest BCUT2D eigenvalue weighted by atomic mass is 10.1. The number of aliphatic hydroxyl groups is 1. The Morgan fingerprint density at radius 3 is 2.29 bits per heavy atom. The SMILES string of the molecule is OC(=Cc1ccc(O)cc1O)c1ccccc1. The minimum atomic E-state index is -0.0764. The van der Waals surface area contributed by atoms with E-state index in [9.17, 15) is 10.2 Å². The van der Waals surface area contributed by atoms with Crippen molar-refractivity contribution >= 4 is 11.8 Å². The van der Waals surface area contributed by atoms with E-state index >= 15 is 0 Å². The van der Waals surface area contributed by atoms with Crippen molar-refractivity contribution in [2.24, 2.45) is 0 Å². The van der Waals surface area contributed by atoms with Crippen LogP contribution in [0, 0.1) is 0 Å². The van der Waals surface area contributed by atoms with Crippen LogP contribution < -0.4 is 0 Å². The van der Waals surface area contributed by atoms with E-state index in [0.717, 1.165) is 0 Å². The number of aromatic hydroxyl groups is 2. The highest BCUT2D eigenvalue weighted by Crippen LogP contribution is 2.26. The van der Waals surface area contributed by atoms with Crippen molar-refractivity contribution in [3.8, 4) is 11.5 Å². The molecule has 0 heterocycles. The predicted octanol–water partition coefficient (Wildman–Crippen LogP) is 3.15. The number of aliphatic hydroxyl groups excluding tert-OH is 1. The van der Waals surface area contributed by atoms with Crippen LogP contribution in [0.5, 0.6) is 11.5 Å². The third-order valence-corrected chi connectivity index (χ3v) is 2.38. The first-order valence-electron chi connectivity index (χ1n) is 5.15. The van der Waals surface area contributed by atoms with Crippen LogP contribution in [0.1, 0.15) is 11.1 Å². The maximum absolute atomic E-state index is 9.86. The van der Waals surface area contributed by atoms with Gasteiger partial charge in [-0.05, 0) is 18.2 Å². The number of hydrogen-bond donors (Lipinski definition) is 3. The minimum Gasteiger partial charge on any atom is -0.508 e. The largest absolute Gasteiger partial charge is 0.508 e. The number of hydrogen-bond acceptors (Lipinski definition) is 3. The average Bonchev–Trinajstić information content (AvgIpc) is 2.34. The van der Waals surface area contributed by atoms with Crippen molar-refractivity contribution in [3.63, 3.8) is 0 Å². The summed E-state index contributed by atoms with van der Waals surface area (Å²) in [5, 5.41) is 28.6. The van der Waals surface area contributed by atoms with Crippen LogP contribution in [0.2, 0.25) is 0 Å². The summed E-state index contributed by atoms with van der Waals surface area (Å²) in [6, 6.07) is 13.2. The molecule has 2 rings (SSSR count). The average molecular weight is 228 g/mol. The molecule has 2 aromatic carbocycles. The van der Waals surface area contributed by atoms with E-state index in [-0.39, 0.29) is 17.3 Å². The molecular weight excluding hydrogens is 216 g/mol. The summed E-state index contributed by atoms with van der Waals surface area (Å²) in [5.74, 6) is -0.0297. The van der Waals surface area contributed by atoms with E-state index in [1.54, 1.807) is 12.1 Å². The van der Waals surface area contributed by atoms with Crippen LogP contribution in [-0.2, 0) is 0 Å². The molecule has 2 aromatic rings. The summed E-state index contributed by atoms with van der Waals surface area (Å²) in [5.41, 5.74) is 1.11. The number of phenols is 2. The van der Waals surface area contributed by atoms with Gasteiger partial charge in [-0.25, -0.2) is 0 Å². The molecule has 0 fully saturated rings. The molecule has 0 aromatic heterocycles. The molecule has 17 heavy (non-hydrogen) atoms. The lowest BCUT2D eigenvalue weighted by Crippen LogP contribution is -1.82. The molecule has 0 bridgehead atoms. The summed E-state index contributed by atoms with van der Waals surface area (Å²) in [6.45, 7) is 0. The van der Waals surface area contributed by atoms with Crippen molar-refractivity contribution in [2.45, 2.75) is 0 Å². The van der Waals surface area contributed by atoms with Crippen molar-refractivity contribution in [1.82, 2.24) is 0 Å². The fourth-order valence-corrected chi connectivity index (χ4v) is 1.49. The molecule has 0 unspecified atom stereocenters.